The van der Waals surface area contributed by atoms with Crippen molar-refractivity contribution in [3.8, 4) is 0 Å². The van der Waals surface area contributed by atoms with Crippen molar-refractivity contribution < 1.29 is 14.4 Å². The summed E-state index contributed by atoms with van der Waals surface area (Å²) in [5.41, 5.74) is 3.02. The Morgan fingerprint density at radius 2 is 1.14 bits per heavy atom. The van der Waals surface area contributed by atoms with Gasteiger partial charge < -0.3 is 0 Å². The van der Waals surface area contributed by atoms with Gasteiger partial charge in [0.1, 0.15) is 0 Å². The maximum atomic E-state index is 10.4. The van der Waals surface area contributed by atoms with Crippen molar-refractivity contribution in [1.82, 2.24) is 0 Å². The van der Waals surface area contributed by atoms with Crippen LogP contribution in [0.3, 0.4) is 0 Å². The average Bonchev–Trinajstić information content (AvgIpc) is 2.50. The van der Waals surface area contributed by atoms with Crippen LogP contribution in [0, 0.1) is 0 Å². The van der Waals surface area contributed by atoms with Gasteiger partial charge in [-0.1, -0.05) is 12.1 Å². The molecular weight excluding hydrogens is 282 g/mol. The van der Waals surface area contributed by atoms with Crippen LogP contribution in [0.15, 0.2) is 57.4 Å². The summed E-state index contributed by atoms with van der Waals surface area (Å²) in [5.74, 6) is 0. The first-order valence-electron chi connectivity index (χ1n) is 6.21. The van der Waals surface area contributed by atoms with E-state index in [1.165, 1.54) is 24.3 Å². The van der Waals surface area contributed by atoms with Crippen molar-refractivity contribution in [1.29, 1.82) is 0 Å². The second-order valence-electron chi connectivity index (χ2n) is 4.31. The minimum atomic E-state index is 0.365. The van der Waals surface area contributed by atoms with Gasteiger partial charge in [0.05, 0.1) is 17.1 Å². The average molecular weight is 291 g/mol. The van der Waals surface area contributed by atoms with Gasteiger partial charge in [-0.25, -0.2) is 14.4 Å². The van der Waals surface area contributed by atoms with Crippen LogP contribution in [-0.4, -0.2) is 18.2 Å². The number of aliphatic imine (C=N–C) groups is 3. The first kappa shape index (κ1) is 15.0. The van der Waals surface area contributed by atoms with Crippen molar-refractivity contribution in [2.45, 2.75) is 6.42 Å². The van der Waals surface area contributed by atoms with Gasteiger partial charge >= 0.3 is 0 Å². The maximum absolute atomic E-state index is 10.4. The van der Waals surface area contributed by atoms with E-state index in [1.807, 2.05) is 12.1 Å². The fraction of sp³-hybridized carbons (Fsp3) is 0.0625. The molecule has 0 radical (unpaired) electrons. The van der Waals surface area contributed by atoms with E-state index >= 15 is 0 Å². The van der Waals surface area contributed by atoms with Gasteiger partial charge in [-0.05, 0) is 47.9 Å². The third-order valence-electron chi connectivity index (χ3n) is 2.83. The number of isocyanates is 3. The summed E-state index contributed by atoms with van der Waals surface area (Å²) in [4.78, 5) is 41.5. The SMILES string of the molecule is O=C=Nc1ccc(Cc2cc(N=C=O)cc(N=C=O)c2)cc1. The number of hydrogen-bond acceptors (Lipinski definition) is 6. The number of nitrogens with zero attached hydrogens (tertiary/aromatic N) is 3. The topological polar surface area (TPSA) is 88.3 Å². The molecule has 2 aromatic rings. The van der Waals surface area contributed by atoms with Crippen LogP contribution in [0.1, 0.15) is 11.1 Å². The van der Waals surface area contributed by atoms with Gasteiger partial charge in [0, 0.05) is 0 Å². The summed E-state index contributed by atoms with van der Waals surface area (Å²) in [5, 5.41) is 0. The third-order valence-corrected chi connectivity index (χ3v) is 2.83. The molecule has 0 aromatic heterocycles. The van der Waals surface area contributed by atoms with Crippen molar-refractivity contribution in [2.75, 3.05) is 0 Å². The summed E-state index contributed by atoms with van der Waals surface area (Å²) in [6, 6.07) is 11.9. The van der Waals surface area contributed by atoms with E-state index in [9.17, 15) is 14.4 Å². The quantitative estimate of drug-likeness (QED) is 0.626. The Kier molecular flexibility index (Phi) is 5.03. The van der Waals surface area contributed by atoms with Crippen molar-refractivity contribution >= 4 is 35.3 Å². The Morgan fingerprint density at radius 3 is 1.64 bits per heavy atom. The highest BCUT2D eigenvalue weighted by Crippen LogP contribution is 2.25. The third kappa shape index (κ3) is 4.04. The molecule has 22 heavy (non-hydrogen) atoms. The smallest absolute Gasteiger partial charge is 0.211 e. The van der Waals surface area contributed by atoms with Crippen LogP contribution >= 0.6 is 0 Å². The molecule has 0 spiro atoms. The molecule has 0 aliphatic carbocycles. The summed E-state index contributed by atoms with van der Waals surface area (Å²) in [6.45, 7) is 0. The van der Waals surface area contributed by atoms with E-state index in [0.29, 0.717) is 23.5 Å². The van der Waals surface area contributed by atoms with Crippen LogP contribution in [-0.2, 0) is 20.8 Å². The molecule has 6 nitrogen and oxygen atoms in total. The van der Waals surface area contributed by atoms with Crippen molar-refractivity contribution in [3.05, 3.63) is 53.6 Å². The fourth-order valence-electron chi connectivity index (χ4n) is 1.97. The molecule has 0 aliphatic rings. The minimum absolute atomic E-state index is 0.365. The normalized spacial score (nSPS) is 9.09. The largest absolute Gasteiger partial charge is 0.240 e. The molecule has 6 heteroatoms. The number of hydrogen-bond donors (Lipinski definition) is 0. The van der Waals surface area contributed by atoms with Crippen LogP contribution in [0.4, 0.5) is 17.1 Å². The van der Waals surface area contributed by atoms with Crippen LogP contribution in [0.5, 0.6) is 0 Å². The van der Waals surface area contributed by atoms with Gasteiger partial charge in [0.25, 0.3) is 0 Å². The van der Waals surface area contributed by atoms with E-state index < -0.39 is 0 Å². The van der Waals surface area contributed by atoms with Gasteiger partial charge in [-0.2, -0.15) is 15.0 Å². The van der Waals surface area contributed by atoms with E-state index in [2.05, 4.69) is 15.0 Å². The van der Waals surface area contributed by atoms with E-state index in [-0.39, 0.29) is 0 Å². The molecule has 2 rings (SSSR count). The molecule has 0 unspecified atom stereocenters. The van der Waals surface area contributed by atoms with Crippen LogP contribution in [0.2, 0.25) is 0 Å². The van der Waals surface area contributed by atoms with Crippen LogP contribution in [0.25, 0.3) is 0 Å². The lowest BCUT2D eigenvalue weighted by Crippen LogP contribution is -1.87. The minimum Gasteiger partial charge on any atom is -0.211 e. The Bertz CT molecular complexity index is 788. The second-order valence-corrected chi connectivity index (χ2v) is 4.31. The van der Waals surface area contributed by atoms with E-state index in [0.717, 1.165) is 11.1 Å². The van der Waals surface area contributed by atoms with Gasteiger partial charge in [0.2, 0.25) is 18.2 Å². The lowest BCUT2D eigenvalue weighted by Gasteiger charge is -2.04. The van der Waals surface area contributed by atoms with E-state index in [4.69, 9.17) is 0 Å². The van der Waals surface area contributed by atoms with Gasteiger partial charge in [-0.3, -0.25) is 0 Å². The second kappa shape index (κ2) is 7.39. The maximum Gasteiger partial charge on any atom is 0.240 e. The number of rotatable bonds is 5. The predicted molar refractivity (Wildman–Crippen MR) is 79.0 cm³/mol. The first-order valence-corrected chi connectivity index (χ1v) is 6.21. The molecule has 0 aliphatic heterocycles. The van der Waals surface area contributed by atoms with Crippen molar-refractivity contribution in [3.63, 3.8) is 0 Å². The molecule has 0 N–H and O–H groups in total. The molecule has 2 aromatic carbocycles. The zero-order valence-electron chi connectivity index (χ0n) is 11.3. The summed E-state index contributed by atoms with van der Waals surface area (Å²) in [7, 11) is 0. The fourth-order valence-corrected chi connectivity index (χ4v) is 1.97. The predicted octanol–water partition coefficient (Wildman–Crippen LogP) is 3.18. The Balaban J connectivity index is 2.33. The number of benzene rings is 2. The molecule has 0 atom stereocenters. The summed E-state index contributed by atoms with van der Waals surface area (Å²) >= 11 is 0. The Hall–Kier alpha value is -3.42. The Labute approximate surface area is 125 Å². The molecule has 0 saturated heterocycles. The van der Waals surface area contributed by atoms with Crippen molar-refractivity contribution in [2.24, 2.45) is 15.0 Å². The molecular formula is C16H9N3O3. The standard InChI is InChI=1S/C16H9N3O3/c20-9-17-14-3-1-12(2-4-14)5-13-6-15(18-10-21)8-16(7-13)19-11-22/h1-4,6-8H,5H2. The zero-order chi connectivity index (χ0) is 15.8. The monoisotopic (exact) mass is 291 g/mol. The molecule has 0 amide bonds. The van der Waals surface area contributed by atoms with Crippen LogP contribution < -0.4 is 0 Å². The summed E-state index contributed by atoms with van der Waals surface area (Å²) < 4.78 is 0. The Morgan fingerprint density at radius 1 is 0.636 bits per heavy atom. The zero-order valence-corrected chi connectivity index (χ0v) is 11.3. The number of carbonyl (C=O) groups excluding carboxylic acids is 3. The molecule has 0 saturated carbocycles. The molecule has 106 valence electrons. The van der Waals surface area contributed by atoms with Gasteiger partial charge in [0.15, 0.2) is 0 Å². The summed E-state index contributed by atoms with van der Waals surface area (Å²) in [6.07, 6.45) is 4.91. The highest BCUT2D eigenvalue weighted by Gasteiger charge is 2.02. The van der Waals surface area contributed by atoms with Gasteiger partial charge in [-0.15, -0.1) is 0 Å². The molecule has 0 heterocycles. The first-order chi connectivity index (χ1) is 10.7. The highest BCUT2D eigenvalue weighted by atomic mass is 16.1. The molecule has 0 bridgehead atoms. The molecule has 0 fully saturated rings. The highest BCUT2D eigenvalue weighted by molar-refractivity contribution is 5.60. The lowest BCUT2D eigenvalue weighted by atomic mass is 10.0. The lowest BCUT2D eigenvalue weighted by molar-refractivity contribution is 0.564. The van der Waals surface area contributed by atoms with E-state index in [1.54, 1.807) is 24.3 Å².